The smallest absolute Gasteiger partial charge is 0.272 e. The van der Waals surface area contributed by atoms with E-state index in [0.717, 1.165) is 5.56 Å². The number of carbonyl (C=O) groups excluding carboxylic acids is 3. The highest BCUT2D eigenvalue weighted by Gasteiger charge is 2.46. The maximum absolute atomic E-state index is 13.2. The fourth-order valence-electron chi connectivity index (χ4n) is 4.10. The van der Waals surface area contributed by atoms with Crippen LogP contribution in [0.4, 0.5) is 4.39 Å². The number of hydrogen-bond donors (Lipinski definition) is 2. The standard InChI is InChI=1S/C26H28FN5O5/c1-26(25(35)29-13-16-5-7-18(27)8-6-16)15-32-21(24(34)31(26)2)12-20(30-32)23(33)28-14-17-11-19(36-3)9-10-22(17)37-4/h5-12H,13-15H2,1-4H3,(H,28,33)(H,29,35). The Kier molecular flexibility index (Phi) is 7.14. The number of fused-ring (bicyclic) bond motifs is 1. The van der Waals surface area contributed by atoms with Crippen molar-refractivity contribution >= 4 is 17.7 Å². The molecule has 0 radical (unpaired) electrons. The quantitative estimate of drug-likeness (QED) is 0.481. The molecule has 0 aliphatic carbocycles. The van der Waals surface area contributed by atoms with Crippen molar-refractivity contribution in [2.24, 2.45) is 0 Å². The average Bonchev–Trinajstić information content (AvgIpc) is 3.33. The van der Waals surface area contributed by atoms with Gasteiger partial charge < -0.3 is 25.0 Å². The van der Waals surface area contributed by atoms with Crippen LogP contribution < -0.4 is 20.1 Å². The highest BCUT2D eigenvalue weighted by atomic mass is 19.1. The summed E-state index contributed by atoms with van der Waals surface area (Å²) < 4.78 is 25.1. The van der Waals surface area contributed by atoms with Crippen molar-refractivity contribution in [2.45, 2.75) is 32.1 Å². The molecule has 3 amide bonds. The number of aromatic nitrogens is 2. The number of halogens is 1. The van der Waals surface area contributed by atoms with Gasteiger partial charge in [-0.25, -0.2) is 4.39 Å². The topological polar surface area (TPSA) is 115 Å². The van der Waals surface area contributed by atoms with E-state index >= 15 is 0 Å². The van der Waals surface area contributed by atoms with Crippen LogP contribution >= 0.6 is 0 Å². The van der Waals surface area contributed by atoms with E-state index in [1.54, 1.807) is 44.4 Å². The van der Waals surface area contributed by atoms with Gasteiger partial charge in [0.05, 0.1) is 20.8 Å². The third-order valence-corrected chi connectivity index (χ3v) is 6.52. The number of rotatable bonds is 8. The van der Waals surface area contributed by atoms with Crippen LogP contribution in [0.1, 0.15) is 39.0 Å². The Hall–Kier alpha value is -4.41. The largest absolute Gasteiger partial charge is 0.497 e. The minimum absolute atomic E-state index is 0.0505. The van der Waals surface area contributed by atoms with Gasteiger partial charge in [0.1, 0.15) is 28.5 Å². The number of amides is 3. The lowest BCUT2D eigenvalue weighted by Gasteiger charge is -2.40. The number of carbonyl (C=O) groups is 3. The molecule has 1 aromatic heterocycles. The van der Waals surface area contributed by atoms with Gasteiger partial charge in [0.25, 0.3) is 11.8 Å². The molecular weight excluding hydrogens is 481 g/mol. The summed E-state index contributed by atoms with van der Waals surface area (Å²) in [4.78, 5) is 40.4. The summed E-state index contributed by atoms with van der Waals surface area (Å²) in [6.07, 6.45) is 0. The Morgan fingerprint density at radius 2 is 1.78 bits per heavy atom. The van der Waals surface area contributed by atoms with Crippen LogP contribution in [0.5, 0.6) is 11.5 Å². The normalized spacial score (nSPS) is 16.7. The molecule has 11 heteroatoms. The van der Waals surface area contributed by atoms with Gasteiger partial charge in [0.15, 0.2) is 5.69 Å². The molecule has 1 aliphatic rings. The molecule has 1 atom stereocenters. The zero-order valence-electron chi connectivity index (χ0n) is 21.0. The van der Waals surface area contributed by atoms with Crippen LogP contribution in [0.2, 0.25) is 0 Å². The summed E-state index contributed by atoms with van der Waals surface area (Å²) in [5, 5.41) is 9.89. The van der Waals surface area contributed by atoms with Crippen molar-refractivity contribution in [3.05, 3.63) is 76.9 Å². The number of hydrogen-bond acceptors (Lipinski definition) is 6. The van der Waals surface area contributed by atoms with Gasteiger partial charge in [-0.3, -0.25) is 19.1 Å². The van der Waals surface area contributed by atoms with Crippen molar-refractivity contribution < 1.29 is 28.2 Å². The molecule has 0 bridgehead atoms. The Morgan fingerprint density at radius 3 is 2.46 bits per heavy atom. The average molecular weight is 510 g/mol. The van der Waals surface area contributed by atoms with Crippen molar-refractivity contribution in [3.63, 3.8) is 0 Å². The Bertz CT molecular complexity index is 1340. The van der Waals surface area contributed by atoms with E-state index in [1.165, 1.54) is 41.9 Å². The van der Waals surface area contributed by atoms with Crippen LogP contribution in [0.25, 0.3) is 0 Å². The molecule has 2 N–H and O–H groups in total. The minimum atomic E-state index is -1.25. The second-order valence-electron chi connectivity index (χ2n) is 8.88. The van der Waals surface area contributed by atoms with E-state index in [2.05, 4.69) is 15.7 Å². The third kappa shape index (κ3) is 5.11. The lowest BCUT2D eigenvalue weighted by Crippen LogP contribution is -2.62. The SMILES string of the molecule is COc1ccc(OC)c(CNC(=O)c2cc3n(n2)CC(C)(C(=O)NCc2ccc(F)cc2)N(C)C3=O)c1. The maximum atomic E-state index is 13.2. The van der Waals surface area contributed by atoms with E-state index in [4.69, 9.17) is 9.47 Å². The molecule has 3 aromatic rings. The van der Waals surface area contributed by atoms with Gasteiger partial charge in [-0.05, 0) is 42.8 Å². The van der Waals surface area contributed by atoms with E-state index in [1.807, 2.05) is 0 Å². The third-order valence-electron chi connectivity index (χ3n) is 6.52. The predicted octanol–water partition coefficient (Wildman–Crippen LogP) is 2.13. The number of nitrogens with zero attached hydrogens (tertiary/aromatic N) is 3. The van der Waals surface area contributed by atoms with Crippen molar-refractivity contribution in [3.8, 4) is 11.5 Å². The Morgan fingerprint density at radius 1 is 1.05 bits per heavy atom. The molecule has 4 rings (SSSR count). The highest BCUT2D eigenvalue weighted by molar-refractivity contribution is 6.01. The second kappa shape index (κ2) is 10.3. The Balaban J connectivity index is 1.47. The van der Waals surface area contributed by atoms with Crippen LogP contribution in [0, 0.1) is 5.82 Å². The number of nitrogens with one attached hydrogen (secondary N) is 2. The fourth-order valence-corrected chi connectivity index (χ4v) is 4.10. The van der Waals surface area contributed by atoms with E-state index in [-0.39, 0.29) is 36.8 Å². The van der Waals surface area contributed by atoms with Crippen molar-refractivity contribution in [1.29, 1.82) is 0 Å². The lowest BCUT2D eigenvalue weighted by atomic mass is 9.96. The first-order chi connectivity index (χ1) is 17.7. The predicted molar refractivity (Wildman–Crippen MR) is 132 cm³/mol. The summed E-state index contributed by atoms with van der Waals surface area (Å²) in [7, 11) is 4.61. The monoisotopic (exact) mass is 509 g/mol. The molecule has 2 heterocycles. The molecule has 2 aromatic carbocycles. The van der Waals surface area contributed by atoms with Gasteiger partial charge >= 0.3 is 0 Å². The number of likely N-dealkylation sites (N-methyl/N-ethyl adjacent to an activating group) is 1. The van der Waals surface area contributed by atoms with Gasteiger partial charge in [-0.2, -0.15) is 5.10 Å². The molecule has 0 saturated heterocycles. The van der Waals surface area contributed by atoms with Crippen molar-refractivity contribution in [2.75, 3.05) is 21.3 Å². The molecule has 1 aliphatic heterocycles. The molecule has 37 heavy (non-hydrogen) atoms. The van der Waals surface area contributed by atoms with Gasteiger partial charge in [0.2, 0.25) is 5.91 Å². The first-order valence-corrected chi connectivity index (χ1v) is 11.5. The van der Waals surface area contributed by atoms with E-state index in [0.29, 0.717) is 17.1 Å². The number of methoxy groups -OCH3 is 2. The van der Waals surface area contributed by atoms with Crippen LogP contribution in [0.15, 0.2) is 48.5 Å². The first-order valence-electron chi connectivity index (χ1n) is 11.5. The zero-order valence-corrected chi connectivity index (χ0v) is 21.0. The summed E-state index contributed by atoms with van der Waals surface area (Å²) in [6, 6.07) is 12.4. The van der Waals surface area contributed by atoms with E-state index < -0.39 is 23.3 Å². The van der Waals surface area contributed by atoms with Crippen LogP contribution in [-0.2, 0) is 24.4 Å². The summed E-state index contributed by atoms with van der Waals surface area (Å²) in [6.45, 7) is 2.00. The van der Waals surface area contributed by atoms with Gasteiger partial charge in [0, 0.05) is 31.8 Å². The molecule has 0 fully saturated rings. The number of ether oxygens (including phenoxy) is 2. The number of benzene rings is 2. The first kappa shape index (κ1) is 25.7. The summed E-state index contributed by atoms with van der Waals surface area (Å²) in [5.41, 5.74) is 0.428. The zero-order chi connectivity index (χ0) is 26.7. The van der Waals surface area contributed by atoms with Crippen molar-refractivity contribution in [1.82, 2.24) is 25.3 Å². The fraction of sp³-hybridized carbons (Fsp3) is 0.308. The van der Waals surface area contributed by atoms with Crippen LogP contribution in [-0.4, -0.2) is 59.2 Å². The molecule has 194 valence electrons. The van der Waals surface area contributed by atoms with Gasteiger partial charge in [-0.15, -0.1) is 0 Å². The Labute approximate surface area is 213 Å². The maximum Gasteiger partial charge on any atom is 0.272 e. The highest BCUT2D eigenvalue weighted by Crippen LogP contribution is 2.27. The summed E-state index contributed by atoms with van der Waals surface area (Å²) >= 11 is 0. The minimum Gasteiger partial charge on any atom is -0.497 e. The summed E-state index contributed by atoms with van der Waals surface area (Å²) in [5.74, 6) is -0.479. The van der Waals surface area contributed by atoms with Crippen LogP contribution in [0.3, 0.4) is 0 Å². The molecule has 0 spiro atoms. The molecular formula is C26H28FN5O5. The lowest BCUT2D eigenvalue weighted by molar-refractivity contribution is -0.132. The molecule has 1 unspecified atom stereocenters. The van der Waals surface area contributed by atoms with Gasteiger partial charge in [-0.1, -0.05) is 12.1 Å². The molecule has 0 saturated carbocycles. The second-order valence-corrected chi connectivity index (χ2v) is 8.88. The van der Waals surface area contributed by atoms with E-state index in [9.17, 15) is 18.8 Å². The molecule has 10 nitrogen and oxygen atoms in total.